The number of benzene rings is 2. The number of thioether (sulfide) groups is 1. The Bertz CT molecular complexity index is 955. The fourth-order valence-corrected chi connectivity index (χ4v) is 4.05. The first-order chi connectivity index (χ1) is 14.7. The van der Waals surface area contributed by atoms with Gasteiger partial charge in [0.05, 0.1) is 32.6 Å². The maximum absolute atomic E-state index is 5.85. The molecule has 1 aromatic heterocycles. The smallest absolute Gasteiger partial charge is 0.232 e. The van der Waals surface area contributed by atoms with E-state index in [-0.39, 0.29) is 0 Å². The molecule has 1 aliphatic rings. The average molecular weight is 427 g/mol. The lowest BCUT2D eigenvalue weighted by Gasteiger charge is -2.28. The van der Waals surface area contributed by atoms with Gasteiger partial charge in [0.1, 0.15) is 11.5 Å². The minimum absolute atomic E-state index is 0.574. The lowest BCUT2D eigenvalue weighted by molar-refractivity contribution is 0.122. The first-order valence-electron chi connectivity index (χ1n) is 9.99. The second kappa shape index (κ2) is 9.86. The molecule has 158 valence electrons. The predicted octanol–water partition coefficient (Wildman–Crippen LogP) is 3.59. The van der Waals surface area contributed by atoms with Gasteiger partial charge in [-0.15, -0.1) is 10.2 Å². The molecule has 0 saturated carbocycles. The SMILES string of the molecule is COc1ccc(OCCSc2nnc(N3CCOCC3)n2-c2cccc(C)c2)cc1. The molecule has 3 aromatic rings. The Morgan fingerprint density at radius 2 is 1.80 bits per heavy atom. The lowest BCUT2D eigenvalue weighted by Crippen LogP contribution is -2.37. The van der Waals surface area contributed by atoms with E-state index in [1.165, 1.54) is 5.56 Å². The zero-order valence-corrected chi connectivity index (χ0v) is 18.1. The summed E-state index contributed by atoms with van der Waals surface area (Å²) in [7, 11) is 1.65. The molecule has 2 heterocycles. The molecule has 0 atom stereocenters. The number of ether oxygens (including phenoxy) is 3. The molecule has 1 fully saturated rings. The second-order valence-electron chi connectivity index (χ2n) is 6.93. The number of morpholine rings is 1. The Hall–Kier alpha value is -2.71. The van der Waals surface area contributed by atoms with E-state index in [1.54, 1.807) is 18.9 Å². The van der Waals surface area contributed by atoms with Gasteiger partial charge in [0, 0.05) is 18.8 Å². The van der Waals surface area contributed by atoms with Crippen LogP contribution >= 0.6 is 11.8 Å². The Balaban J connectivity index is 1.47. The van der Waals surface area contributed by atoms with Gasteiger partial charge >= 0.3 is 0 Å². The molecule has 0 N–H and O–H groups in total. The summed E-state index contributed by atoms with van der Waals surface area (Å²) in [5, 5.41) is 9.86. The van der Waals surface area contributed by atoms with Gasteiger partial charge in [-0.05, 0) is 48.9 Å². The highest BCUT2D eigenvalue weighted by Crippen LogP contribution is 2.28. The summed E-state index contributed by atoms with van der Waals surface area (Å²) in [6, 6.07) is 16.0. The summed E-state index contributed by atoms with van der Waals surface area (Å²) in [6.07, 6.45) is 0. The van der Waals surface area contributed by atoms with Crippen LogP contribution in [0.4, 0.5) is 5.95 Å². The molecular weight excluding hydrogens is 400 g/mol. The van der Waals surface area contributed by atoms with Crippen LogP contribution in [0.3, 0.4) is 0 Å². The number of hydrogen-bond acceptors (Lipinski definition) is 7. The molecule has 1 saturated heterocycles. The Kier molecular flexibility index (Phi) is 6.76. The molecular formula is C22H26N4O3S. The van der Waals surface area contributed by atoms with Crippen LogP contribution in [-0.2, 0) is 4.74 Å². The van der Waals surface area contributed by atoms with Gasteiger partial charge in [-0.2, -0.15) is 0 Å². The van der Waals surface area contributed by atoms with Crippen molar-refractivity contribution in [2.75, 3.05) is 50.7 Å². The predicted molar refractivity (Wildman–Crippen MR) is 118 cm³/mol. The highest BCUT2D eigenvalue weighted by atomic mass is 32.2. The van der Waals surface area contributed by atoms with Crippen LogP contribution in [0.15, 0.2) is 53.7 Å². The van der Waals surface area contributed by atoms with E-state index in [1.807, 2.05) is 24.3 Å². The zero-order valence-electron chi connectivity index (χ0n) is 17.3. The topological polar surface area (TPSA) is 61.6 Å². The third-order valence-corrected chi connectivity index (χ3v) is 5.71. The first-order valence-corrected chi connectivity index (χ1v) is 11.0. The number of aryl methyl sites for hydroxylation is 1. The normalized spacial score (nSPS) is 14.0. The standard InChI is InChI=1S/C22H26N4O3S/c1-17-4-3-5-18(16-17)26-21(25-10-12-28-13-11-25)23-24-22(26)30-15-14-29-20-8-6-19(27-2)7-9-20/h3-9,16H,10-15H2,1-2H3. The van der Waals surface area contributed by atoms with Crippen LogP contribution in [-0.4, -0.2) is 60.5 Å². The van der Waals surface area contributed by atoms with Crippen molar-refractivity contribution in [3.63, 3.8) is 0 Å². The summed E-state index contributed by atoms with van der Waals surface area (Å²) in [5.41, 5.74) is 2.27. The van der Waals surface area contributed by atoms with Crippen molar-refractivity contribution >= 4 is 17.7 Å². The van der Waals surface area contributed by atoms with Crippen LogP contribution in [0.5, 0.6) is 11.5 Å². The van der Waals surface area contributed by atoms with E-state index in [0.717, 1.165) is 47.1 Å². The average Bonchev–Trinajstić information content (AvgIpc) is 3.22. The molecule has 1 aliphatic heterocycles. The van der Waals surface area contributed by atoms with Crippen molar-refractivity contribution < 1.29 is 14.2 Å². The number of methoxy groups -OCH3 is 1. The Morgan fingerprint density at radius 3 is 2.53 bits per heavy atom. The lowest BCUT2D eigenvalue weighted by atomic mass is 10.2. The molecule has 0 bridgehead atoms. The van der Waals surface area contributed by atoms with Crippen LogP contribution in [0.25, 0.3) is 5.69 Å². The van der Waals surface area contributed by atoms with Crippen molar-refractivity contribution in [3.8, 4) is 17.2 Å². The van der Waals surface area contributed by atoms with Gasteiger partial charge in [-0.1, -0.05) is 23.9 Å². The summed E-state index contributed by atoms with van der Waals surface area (Å²) in [4.78, 5) is 2.23. The maximum Gasteiger partial charge on any atom is 0.232 e. The number of anilines is 1. The molecule has 4 rings (SSSR count). The van der Waals surface area contributed by atoms with Crippen LogP contribution < -0.4 is 14.4 Å². The molecule has 0 radical (unpaired) electrons. The van der Waals surface area contributed by atoms with Gasteiger partial charge in [0.2, 0.25) is 5.95 Å². The fraction of sp³-hybridized carbons (Fsp3) is 0.364. The van der Waals surface area contributed by atoms with Crippen molar-refractivity contribution in [1.29, 1.82) is 0 Å². The summed E-state index contributed by atoms with van der Waals surface area (Å²) < 4.78 is 18.7. The minimum atomic E-state index is 0.574. The van der Waals surface area contributed by atoms with Gasteiger partial charge in [0.25, 0.3) is 0 Å². The molecule has 7 nitrogen and oxygen atoms in total. The van der Waals surface area contributed by atoms with E-state index >= 15 is 0 Å². The first kappa shape index (κ1) is 20.6. The minimum Gasteiger partial charge on any atom is -0.497 e. The summed E-state index contributed by atoms with van der Waals surface area (Å²) in [6.45, 7) is 5.71. The van der Waals surface area contributed by atoms with E-state index in [0.29, 0.717) is 19.8 Å². The number of hydrogen-bond donors (Lipinski definition) is 0. The highest BCUT2D eigenvalue weighted by molar-refractivity contribution is 7.99. The molecule has 8 heteroatoms. The van der Waals surface area contributed by atoms with E-state index in [4.69, 9.17) is 14.2 Å². The monoisotopic (exact) mass is 426 g/mol. The van der Waals surface area contributed by atoms with Gasteiger partial charge in [0.15, 0.2) is 5.16 Å². The van der Waals surface area contributed by atoms with Crippen molar-refractivity contribution in [2.45, 2.75) is 12.1 Å². The number of rotatable bonds is 8. The third-order valence-electron chi connectivity index (χ3n) is 4.81. The number of aromatic nitrogens is 3. The van der Waals surface area contributed by atoms with Crippen molar-refractivity contribution in [2.24, 2.45) is 0 Å². The van der Waals surface area contributed by atoms with Crippen LogP contribution in [0.1, 0.15) is 5.56 Å². The number of nitrogens with zero attached hydrogens (tertiary/aromatic N) is 4. The zero-order chi connectivity index (χ0) is 20.8. The van der Waals surface area contributed by atoms with E-state index in [9.17, 15) is 0 Å². The fourth-order valence-electron chi connectivity index (χ4n) is 3.28. The largest absolute Gasteiger partial charge is 0.497 e. The van der Waals surface area contributed by atoms with E-state index in [2.05, 4.69) is 50.9 Å². The van der Waals surface area contributed by atoms with Gasteiger partial charge in [-0.25, -0.2) is 0 Å². The molecule has 0 aliphatic carbocycles. The van der Waals surface area contributed by atoms with Crippen LogP contribution in [0.2, 0.25) is 0 Å². The quantitative estimate of drug-likeness (QED) is 0.403. The molecule has 2 aromatic carbocycles. The Labute approximate surface area is 181 Å². The van der Waals surface area contributed by atoms with Crippen molar-refractivity contribution in [1.82, 2.24) is 14.8 Å². The summed E-state index contributed by atoms with van der Waals surface area (Å²) >= 11 is 1.64. The van der Waals surface area contributed by atoms with E-state index < -0.39 is 0 Å². The third kappa shape index (κ3) is 4.88. The molecule has 30 heavy (non-hydrogen) atoms. The molecule has 0 amide bonds. The Morgan fingerprint density at radius 1 is 1.03 bits per heavy atom. The summed E-state index contributed by atoms with van der Waals surface area (Å²) in [5.74, 6) is 3.27. The van der Waals surface area contributed by atoms with Crippen molar-refractivity contribution in [3.05, 3.63) is 54.1 Å². The highest BCUT2D eigenvalue weighted by Gasteiger charge is 2.21. The maximum atomic E-state index is 5.85. The second-order valence-corrected chi connectivity index (χ2v) is 7.99. The van der Waals surface area contributed by atoms with Crippen LogP contribution in [0, 0.1) is 6.92 Å². The molecule has 0 unspecified atom stereocenters. The van der Waals surface area contributed by atoms with Gasteiger partial charge in [-0.3, -0.25) is 4.57 Å². The molecule has 0 spiro atoms. The van der Waals surface area contributed by atoms with Gasteiger partial charge < -0.3 is 19.1 Å².